The van der Waals surface area contributed by atoms with Gasteiger partial charge in [0.1, 0.15) is 11.9 Å². The van der Waals surface area contributed by atoms with Crippen LogP contribution in [0.5, 0.6) is 0 Å². The third-order valence-corrected chi connectivity index (χ3v) is 14.5. The molecule has 294 valence electrons. The zero-order valence-corrected chi connectivity index (χ0v) is 33.6. The van der Waals surface area contributed by atoms with Crippen LogP contribution in [0.15, 0.2) is 12.2 Å². The Morgan fingerprint density at radius 2 is 1.61 bits per heavy atom. The Bertz CT molecular complexity index is 1230. The first-order valence-corrected chi connectivity index (χ1v) is 20.6. The topological polar surface area (TPSA) is 124 Å². The van der Waals surface area contributed by atoms with Gasteiger partial charge in [0.05, 0.1) is 47.8 Å². The lowest BCUT2D eigenvalue weighted by Gasteiger charge is -2.54. The van der Waals surface area contributed by atoms with Crippen LogP contribution in [0.2, 0.25) is 0 Å². The molecule has 0 saturated carbocycles. The van der Waals surface area contributed by atoms with Crippen molar-refractivity contribution in [2.24, 2.45) is 41.4 Å². The zero-order valence-electron chi connectivity index (χ0n) is 33.6. The number of carbonyl (C=O) groups is 1. The van der Waals surface area contributed by atoms with E-state index in [0.29, 0.717) is 50.4 Å². The first-order valence-electron chi connectivity index (χ1n) is 20.6. The van der Waals surface area contributed by atoms with Crippen molar-refractivity contribution < 1.29 is 43.8 Å². The molecule has 4 saturated heterocycles. The molecular weight excluding hydrogens is 648 g/mol. The van der Waals surface area contributed by atoms with Gasteiger partial charge in [-0.05, 0) is 95.1 Å². The summed E-state index contributed by atoms with van der Waals surface area (Å²) in [7, 11) is 0. The summed E-state index contributed by atoms with van der Waals surface area (Å²) in [4.78, 5) is 14.4. The van der Waals surface area contributed by atoms with Crippen LogP contribution in [0.1, 0.15) is 140 Å². The summed E-state index contributed by atoms with van der Waals surface area (Å²) in [5, 5.41) is 34.2. The molecule has 5 aliphatic rings. The van der Waals surface area contributed by atoms with Gasteiger partial charge in [0.2, 0.25) is 5.79 Å². The van der Waals surface area contributed by atoms with Gasteiger partial charge in [-0.2, -0.15) is 0 Å². The lowest BCUT2D eigenvalue weighted by molar-refractivity contribution is -0.409. The van der Waals surface area contributed by atoms with E-state index in [1.54, 1.807) is 6.08 Å². The minimum absolute atomic E-state index is 0.00942. The number of ether oxygens (including phenoxy) is 5. The molecule has 2 spiro atoms. The molecule has 0 aromatic carbocycles. The van der Waals surface area contributed by atoms with E-state index in [0.717, 1.165) is 25.7 Å². The molecule has 0 unspecified atom stereocenters. The first kappa shape index (κ1) is 41.3. The van der Waals surface area contributed by atoms with E-state index >= 15 is 0 Å². The lowest BCUT2D eigenvalue weighted by Crippen LogP contribution is -2.63. The van der Waals surface area contributed by atoms with Crippen molar-refractivity contribution in [3.63, 3.8) is 0 Å². The number of carbonyl (C=O) groups excluding carboxylic acids is 1. The molecule has 0 bridgehead atoms. The third kappa shape index (κ3) is 7.68. The molecule has 0 amide bonds. The van der Waals surface area contributed by atoms with Gasteiger partial charge in [-0.1, -0.05) is 68.7 Å². The quantitative estimate of drug-likeness (QED) is 0.192. The summed E-state index contributed by atoms with van der Waals surface area (Å²) in [6.07, 6.45) is 8.24. The van der Waals surface area contributed by atoms with Crippen LogP contribution in [0, 0.1) is 41.4 Å². The van der Waals surface area contributed by atoms with Gasteiger partial charge in [0.15, 0.2) is 5.79 Å². The van der Waals surface area contributed by atoms with Crippen LogP contribution in [0.3, 0.4) is 0 Å². The summed E-state index contributed by atoms with van der Waals surface area (Å²) in [5.74, 6) is -2.95. The molecule has 5 heterocycles. The lowest BCUT2D eigenvalue weighted by atomic mass is 9.72. The van der Waals surface area contributed by atoms with Crippen molar-refractivity contribution >= 4 is 5.78 Å². The van der Waals surface area contributed by atoms with Crippen molar-refractivity contribution in [3.8, 4) is 0 Å². The van der Waals surface area contributed by atoms with Gasteiger partial charge >= 0.3 is 0 Å². The van der Waals surface area contributed by atoms with Crippen molar-refractivity contribution in [1.82, 2.24) is 0 Å². The van der Waals surface area contributed by atoms with Gasteiger partial charge in [0, 0.05) is 30.1 Å². The summed E-state index contributed by atoms with van der Waals surface area (Å²) >= 11 is 0. The molecule has 0 aromatic heterocycles. The van der Waals surface area contributed by atoms with Crippen LogP contribution < -0.4 is 0 Å². The first-order chi connectivity index (χ1) is 23.9. The second kappa shape index (κ2) is 15.7. The highest BCUT2D eigenvalue weighted by molar-refractivity contribution is 5.84. The normalized spacial score (nSPS) is 47.6. The maximum atomic E-state index is 14.4. The fraction of sp³-hybridized carbons (Fsp3) is 0.929. The second-order valence-electron chi connectivity index (χ2n) is 17.9. The molecule has 18 atom stereocenters. The van der Waals surface area contributed by atoms with E-state index in [-0.39, 0.29) is 48.0 Å². The van der Waals surface area contributed by atoms with Crippen molar-refractivity contribution in [2.45, 2.75) is 206 Å². The third-order valence-electron chi connectivity index (χ3n) is 14.5. The number of aliphatic hydroxyl groups is 3. The van der Waals surface area contributed by atoms with Crippen LogP contribution >= 0.6 is 0 Å². The Morgan fingerprint density at radius 1 is 0.902 bits per heavy atom. The highest BCUT2D eigenvalue weighted by atomic mass is 16.8. The molecule has 0 aliphatic carbocycles. The molecular formula is C42H72O9. The maximum Gasteiger partial charge on any atom is 0.202 e. The van der Waals surface area contributed by atoms with Gasteiger partial charge < -0.3 is 39.0 Å². The molecule has 0 aromatic rings. The van der Waals surface area contributed by atoms with Gasteiger partial charge in [0.25, 0.3) is 0 Å². The second-order valence-corrected chi connectivity index (χ2v) is 17.9. The van der Waals surface area contributed by atoms with Crippen LogP contribution in [0.25, 0.3) is 0 Å². The molecule has 0 radical (unpaired) electrons. The monoisotopic (exact) mass is 721 g/mol. The Hall–Kier alpha value is -0.910. The number of hydrogen-bond acceptors (Lipinski definition) is 9. The standard InChI is InChI=1S/C42H72O9/c1-12-24(4)32-16-15-25(5)37(48-32)29(9)35(44)28(8)36(45)31(13-2)38-26(6)23-27(7)41(49-38)20-17-33(43)42(51-41)22-21-39(11,50-42)34-18-19-40(46,14-3)30(10)47-34/h17,20,24-35,37-38,43-44,46H,12-16,18-19,21-23H2,1-11H3/t24-,25-,26-,27+,28-,29-,30-,31-,32+,33+,34+,35+,37+,38-,39-,40+,41-,42-/m0/s1. The van der Waals surface area contributed by atoms with E-state index in [1.807, 2.05) is 47.6 Å². The Kier molecular flexibility index (Phi) is 12.7. The summed E-state index contributed by atoms with van der Waals surface area (Å²) < 4.78 is 33.8. The largest absolute Gasteiger partial charge is 0.392 e. The predicted octanol–water partition coefficient (Wildman–Crippen LogP) is 7.12. The van der Waals surface area contributed by atoms with Crippen LogP contribution in [0.4, 0.5) is 0 Å². The Balaban J connectivity index is 1.31. The highest BCUT2D eigenvalue weighted by Gasteiger charge is 2.63. The fourth-order valence-electron chi connectivity index (χ4n) is 10.3. The maximum absolute atomic E-state index is 14.4. The highest BCUT2D eigenvalue weighted by Crippen LogP contribution is 2.54. The summed E-state index contributed by atoms with van der Waals surface area (Å²) in [5.41, 5.74) is -1.58. The summed E-state index contributed by atoms with van der Waals surface area (Å²) in [6, 6.07) is 0. The molecule has 4 fully saturated rings. The van der Waals surface area contributed by atoms with Crippen molar-refractivity contribution in [3.05, 3.63) is 12.2 Å². The fourth-order valence-corrected chi connectivity index (χ4v) is 10.3. The molecule has 3 N–H and O–H groups in total. The van der Waals surface area contributed by atoms with Crippen molar-refractivity contribution in [1.29, 1.82) is 0 Å². The van der Waals surface area contributed by atoms with E-state index in [2.05, 4.69) is 34.6 Å². The van der Waals surface area contributed by atoms with Crippen molar-refractivity contribution in [2.75, 3.05) is 0 Å². The number of Topliss-reactive ketones (excluding diaryl/α,β-unsaturated/α-hetero) is 1. The number of ketones is 1. The van der Waals surface area contributed by atoms with Gasteiger partial charge in [-0.25, -0.2) is 0 Å². The molecule has 5 rings (SSSR count). The number of rotatable bonds is 11. The molecule has 51 heavy (non-hydrogen) atoms. The Labute approximate surface area is 308 Å². The SMILES string of the molecule is CC[C@H](C)[C@H]1CC[C@H](C)[C@H]([C@@H](C)[C@H](O)[C@H](C)C(=O)[C@H](CC)[C@H]2O[C@]3(C=C[C@@H](O)[C@]4(CC[C@@](C)([C@H]5CC[C@](O)(CC)[C@H](C)O5)O4)O3)[C@H](C)C[C@@H]2C)O1. The molecule has 5 aliphatic heterocycles. The van der Waals surface area contributed by atoms with Crippen LogP contribution in [-0.2, 0) is 28.5 Å². The van der Waals surface area contributed by atoms with E-state index in [4.69, 9.17) is 23.7 Å². The van der Waals surface area contributed by atoms with E-state index in [9.17, 15) is 20.1 Å². The smallest absolute Gasteiger partial charge is 0.202 e. The average molecular weight is 721 g/mol. The van der Waals surface area contributed by atoms with E-state index < -0.39 is 52.9 Å². The van der Waals surface area contributed by atoms with E-state index in [1.165, 1.54) is 0 Å². The zero-order chi connectivity index (χ0) is 37.7. The average Bonchev–Trinajstić information content (AvgIpc) is 3.46. The Morgan fingerprint density at radius 3 is 2.24 bits per heavy atom. The summed E-state index contributed by atoms with van der Waals surface area (Å²) in [6.45, 7) is 22.7. The minimum atomic E-state index is -1.33. The molecule has 9 nitrogen and oxygen atoms in total. The predicted molar refractivity (Wildman–Crippen MR) is 197 cm³/mol. The number of hydrogen-bond donors (Lipinski definition) is 3. The van der Waals surface area contributed by atoms with Gasteiger partial charge in [-0.3, -0.25) is 4.79 Å². The van der Waals surface area contributed by atoms with Gasteiger partial charge in [-0.15, -0.1) is 0 Å². The molecule has 9 heteroatoms. The van der Waals surface area contributed by atoms with Crippen LogP contribution in [-0.4, -0.2) is 86.6 Å². The minimum Gasteiger partial charge on any atom is -0.392 e. The number of aliphatic hydroxyl groups excluding tert-OH is 2.